The van der Waals surface area contributed by atoms with Crippen LogP contribution in [-0.2, 0) is 0 Å². The molecule has 0 atom stereocenters. The lowest BCUT2D eigenvalue weighted by Crippen LogP contribution is -2.32. The quantitative estimate of drug-likeness (QED) is 0.739. The van der Waals surface area contributed by atoms with Crippen LogP contribution < -0.4 is 0 Å². The van der Waals surface area contributed by atoms with Gasteiger partial charge in [-0.2, -0.15) is 0 Å². The average Bonchev–Trinajstić information content (AvgIpc) is 2.28. The van der Waals surface area contributed by atoms with Gasteiger partial charge in [0.1, 0.15) is 5.69 Å². The van der Waals surface area contributed by atoms with Gasteiger partial charge in [0.05, 0.1) is 0 Å². The summed E-state index contributed by atoms with van der Waals surface area (Å²) >= 11 is 5.82. The molecule has 16 heavy (non-hydrogen) atoms. The monoisotopic (exact) mass is 238 g/mol. The molecule has 0 spiro atoms. The first-order chi connectivity index (χ1) is 7.69. The predicted octanol–water partition coefficient (Wildman–Crippen LogP) is 2.77. The molecule has 0 aromatic carbocycles. The van der Waals surface area contributed by atoms with E-state index >= 15 is 0 Å². The van der Waals surface area contributed by atoms with Gasteiger partial charge in [-0.15, -0.1) is 6.58 Å². The van der Waals surface area contributed by atoms with Crippen molar-refractivity contribution in [2.24, 2.45) is 0 Å². The highest BCUT2D eigenvalue weighted by Gasteiger charge is 2.14. The molecule has 1 aromatic heterocycles. The van der Waals surface area contributed by atoms with E-state index in [9.17, 15) is 4.79 Å². The molecular weight excluding hydrogens is 224 g/mol. The van der Waals surface area contributed by atoms with Crippen LogP contribution in [0, 0.1) is 0 Å². The number of hydrogen-bond acceptors (Lipinski definition) is 2. The molecule has 4 heteroatoms. The maximum atomic E-state index is 12.0. The Labute approximate surface area is 101 Å². The number of carbonyl (C=O) groups excluding carboxylic acids is 1. The molecule has 1 heterocycles. The van der Waals surface area contributed by atoms with Crippen LogP contribution in [0.2, 0.25) is 5.02 Å². The minimum atomic E-state index is -0.107. The van der Waals surface area contributed by atoms with Crippen molar-refractivity contribution in [1.29, 1.82) is 0 Å². The Balaban J connectivity index is 2.85. The van der Waals surface area contributed by atoms with Gasteiger partial charge >= 0.3 is 0 Å². The zero-order valence-corrected chi connectivity index (χ0v) is 10.1. The Morgan fingerprint density at radius 3 is 3.00 bits per heavy atom. The number of hydrogen-bond donors (Lipinski definition) is 0. The standard InChI is InChI=1S/C12H15ClN2O/c1-3-7-15(8-4-2)12(16)11-9-10(13)5-6-14-11/h3,5-6,9H,1,4,7-8H2,2H3. The zero-order chi connectivity index (χ0) is 12.0. The first-order valence-corrected chi connectivity index (χ1v) is 5.58. The summed E-state index contributed by atoms with van der Waals surface area (Å²) in [6.45, 7) is 6.88. The van der Waals surface area contributed by atoms with Crippen molar-refractivity contribution in [1.82, 2.24) is 9.88 Å². The first-order valence-electron chi connectivity index (χ1n) is 5.20. The predicted molar refractivity (Wildman–Crippen MR) is 65.6 cm³/mol. The second-order valence-electron chi connectivity index (χ2n) is 3.40. The fraction of sp³-hybridized carbons (Fsp3) is 0.333. The van der Waals surface area contributed by atoms with E-state index in [1.165, 1.54) is 6.20 Å². The van der Waals surface area contributed by atoms with Crippen molar-refractivity contribution < 1.29 is 4.79 Å². The van der Waals surface area contributed by atoms with Crippen LogP contribution in [0.15, 0.2) is 31.0 Å². The Morgan fingerprint density at radius 2 is 2.44 bits per heavy atom. The lowest BCUT2D eigenvalue weighted by molar-refractivity contribution is 0.0768. The number of amides is 1. The fourth-order valence-corrected chi connectivity index (χ4v) is 1.54. The van der Waals surface area contributed by atoms with E-state index in [1.54, 1.807) is 23.1 Å². The number of carbonyl (C=O) groups is 1. The van der Waals surface area contributed by atoms with Crippen molar-refractivity contribution in [2.75, 3.05) is 13.1 Å². The molecule has 0 saturated heterocycles. The van der Waals surface area contributed by atoms with Gasteiger partial charge in [-0.05, 0) is 18.6 Å². The smallest absolute Gasteiger partial charge is 0.272 e. The van der Waals surface area contributed by atoms with Gasteiger partial charge in [0.25, 0.3) is 5.91 Å². The van der Waals surface area contributed by atoms with E-state index in [2.05, 4.69) is 11.6 Å². The summed E-state index contributed by atoms with van der Waals surface area (Å²) < 4.78 is 0. The van der Waals surface area contributed by atoms with Crippen molar-refractivity contribution in [3.63, 3.8) is 0 Å². The third-order valence-electron chi connectivity index (χ3n) is 2.07. The summed E-state index contributed by atoms with van der Waals surface area (Å²) in [6, 6.07) is 3.23. The summed E-state index contributed by atoms with van der Waals surface area (Å²) in [6.07, 6.45) is 4.14. The van der Waals surface area contributed by atoms with Gasteiger partial charge < -0.3 is 4.90 Å². The van der Waals surface area contributed by atoms with Crippen molar-refractivity contribution in [2.45, 2.75) is 13.3 Å². The van der Waals surface area contributed by atoms with Crippen LogP contribution in [0.1, 0.15) is 23.8 Å². The summed E-state index contributed by atoms with van der Waals surface area (Å²) in [5.41, 5.74) is 0.378. The van der Waals surface area contributed by atoms with Crippen molar-refractivity contribution in [3.8, 4) is 0 Å². The van der Waals surface area contributed by atoms with E-state index in [-0.39, 0.29) is 5.91 Å². The molecule has 0 radical (unpaired) electrons. The molecule has 0 fully saturated rings. The lowest BCUT2D eigenvalue weighted by Gasteiger charge is -2.19. The van der Waals surface area contributed by atoms with Crippen molar-refractivity contribution in [3.05, 3.63) is 41.7 Å². The molecule has 0 unspecified atom stereocenters. The third kappa shape index (κ3) is 3.35. The number of nitrogens with zero attached hydrogens (tertiary/aromatic N) is 2. The third-order valence-corrected chi connectivity index (χ3v) is 2.31. The summed E-state index contributed by atoms with van der Waals surface area (Å²) in [5.74, 6) is -0.107. The fourth-order valence-electron chi connectivity index (χ4n) is 1.39. The van der Waals surface area contributed by atoms with Gasteiger partial charge in [0.15, 0.2) is 0 Å². The molecule has 0 saturated carbocycles. The molecule has 1 rings (SSSR count). The van der Waals surface area contributed by atoms with Crippen LogP contribution in [-0.4, -0.2) is 28.9 Å². The van der Waals surface area contributed by atoms with E-state index in [4.69, 9.17) is 11.6 Å². The Morgan fingerprint density at radius 1 is 1.69 bits per heavy atom. The SMILES string of the molecule is C=CCN(CCC)C(=O)c1cc(Cl)ccn1. The lowest BCUT2D eigenvalue weighted by atomic mass is 10.3. The second kappa shape index (κ2) is 6.28. The molecule has 1 aromatic rings. The number of halogens is 1. The topological polar surface area (TPSA) is 33.2 Å². The minimum absolute atomic E-state index is 0.107. The van der Waals surface area contributed by atoms with Gasteiger partial charge in [-0.1, -0.05) is 24.6 Å². The highest BCUT2D eigenvalue weighted by molar-refractivity contribution is 6.30. The van der Waals surface area contributed by atoms with E-state index in [0.717, 1.165) is 6.42 Å². The zero-order valence-electron chi connectivity index (χ0n) is 9.32. The maximum absolute atomic E-state index is 12.0. The molecule has 0 N–H and O–H groups in total. The molecular formula is C12H15ClN2O. The normalized spacial score (nSPS) is 9.88. The summed E-state index contributed by atoms with van der Waals surface area (Å²) in [5, 5.41) is 0.522. The Bertz CT molecular complexity index is 379. The molecule has 1 amide bonds. The van der Waals surface area contributed by atoms with Gasteiger partial charge in [-0.3, -0.25) is 9.78 Å². The molecule has 3 nitrogen and oxygen atoms in total. The Hall–Kier alpha value is -1.35. The van der Waals surface area contributed by atoms with Crippen molar-refractivity contribution >= 4 is 17.5 Å². The molecule has 0 aliphatic heterocycles. The molecule has 86 valence electrons. The van der Waals surface area contributed by atoms with E-state index < -0.39 is 0 Å². The minimum Gasteiger partial charge on any atom is -0.334 e. The largest absolute Gasteiger partial charge is 0.334 e. The number of pyridine rings is 1. The van der Waals surface area contributed by atoms with Crippen LogP contribution in [0.3, 0.4) is 0 Å². The highest BCUT2D eigenvalue weighted by Crippen LogP contribution is 2.10. The highest BCUT2D eigenvalue weighted by atomic mass is 35.5. The second-order valence-corrected chi connectivity index (χ2v) is 3.84. The Kier molecular flexibility index (Phi) is 4.99. The molecule has 0 bridgehead atoms. The van der Waals surface area contributed by atoms with E-state index in [0.29, 0.717) is 23.8 Å². The van der Waals surface area contributed by atoms with Gasteiger partial charge in [0.2, 0.25) is 0 Å². The average molecular weight is 239 g/mol. The number of rotatable bonds is 5. The van der Waals surface area contributed by atoms with Gasteiger partial charge in [-0.25, -0.2) is 0 Å². The summed E-state index contributed by atoms with van der Waals surface area (Å²) in [4.78, 5) is 17.7. The summed E-state index contributed by atoms with van der Waals surface area (Å²) in [7, 11) is 0. The van der Waals surface area contributed by atoms with Gasteiger partial charge in [0, 0.05) is 24.3 Å². The van der Waals surface area contributed by atoms with E-state index in [1.807, 2.05) is 6.92 Å². The molecule has 0 aliphatic carbocycles. The van der Waals surface area contributed by atoms with Crippen LogP contribution in [0.25, 0.3) is 0 Å². The van der Waals surface area contributed by atoms with Crippen LogP contribution in [0.4, 0.5) is 0 Å². The van der Waals surface area contributed by atoms with Crippen LogP contribution in [0.5, 0.6) is 0 Å². The first kappa shape index (κ1) is 12.7. The maximum Gasteiger partial charge on any atom is 0.272 e. The van der Waals surface area contributed by atoms with Crippen LogP contribution >= 0.6 is 11.6 Å². The molecule has 0 aliphatic rings. The number of aromatic nitrogens is 1.